The van der Waals surface area contributed by atoms with E-state index < -0.39 is 5.56 Å². The molecule has 0 aliphatic rings. The third-order valence-corrected chi connectivity index (χ3v) is 4.69. The van der Waals surface area contributed by atoms with E-state index in [9.17, 15) is 9.59 Å². The molecule has 0 atom stereocenters. The summed E-state index contributed by atoms with van der Waals surface area (Å²) in [5, 5.41) is 1.42. The van der Waals surface area contributed by atoms with Gasteiger partial charge in [-0.15, -0.1) is 0 Å². The van der Waals surface area contributed by atoms with E-state index in [0.29, 0.717) is 16.1 Å². The van der Waals surface area contributed by atoms with Crippen molar-refractivity contribution in [2.75, 3.05) is 0 Å². The number of benzene rings is 2. The quantitative estimate of drug-likeness (QED) is 0.390. The van der Waals surface area contributed by atoms with Crippen molar-refractivity contribution in [1.29, 1.82) is 0 Å². The summed E-state index contributed by atoms with van der Waals surface area (Å²) >= 11 is 5.89. The number of aromatic nitrogens is 2. The van der Waals surface area contributed by atoms with E-state index in [4.69, 9.17) is 11.6 Å². The van der Waals surface area contributed by atoms with Crippen LogP contribution in [0.1, 0.15) is 15.9 Å². The molecule has 4 rings (SSSR count). The fraction of sp³-hybridized carbons (Fsp3) is 0. The molecule has 136 valence electrons. The molecule has 0 amide bonds. The zero-order valence-electron chi connectivity index (χ0n) is 14.7. The fourth-order valence-corrected chi connectivity index (χ4v) is 3.25. The number of para-hydroxylation sites is 1. The molecule has 0 aliphatic carbocycles. The summed E-state index contributed by atoms with van der Waals surface area (Å²) in [6.45, 7) is 0. The fourth-order valence-electron chi connectivity index (χ4n) is 3.13. The molecule has 0 unspecified atom stereocenters. The number of nitrogens with one attached hydrogen (secondary N) is 1. The Hall–Kier alpha value is -3.50. The molecule has 0 bridgehead atoms. The maximum atomic E-state index is 13.0. The van der Waals surface area contributed by atoms with Crippen LogP contribution in [0.4, 0.5) is 0 Å². The lowest BCUT2D eigenvalue weighted by Gasteiger charge is -2.11. The molecular weight excluding hydrogens is 372 g/mol. The highest BCUT2D eigenvalue weighted by molar-refractivity contribution is 6.30. The van der Waals surface area contributed by atoms with Gasteiger partial charge in [0.25, 0.3) is 5.56 Å². The second kappa shape index (κ2) is 7.62. The number of allylic oxidation sites excluding steroid dienone is 1. The number of nitrogens with zero attached hydrogens (tertiary/aromatic N) is 1. The van der Waals surface area contributed by atoms with Gasteiger partial charge in [0.05, 0.1) is 5.56 Å². The normalized spacial score (nSPS) is 11.2. The number of rotatable bonds is 4. The minimum absolute atomic E-state index is 0.107. The number of carbonyl (C=O) groups is 1. The van der Waals surface area contributed by atoms with E-state index in [0.717, 1.165) is 16.5 Å². The lowest BCUT2D eigenvalue weighted by atomic mass is 9.94. The number of hydrogen-bond donors (Lipinski definition) is 1. The summed E-state index contributed by atoms with van der Waals surface area (Å²) in [4.78, 5) is 32.6. The molecule has 28 heavy (non-hydrogen) atoms. The van der Waals surface area contributed by atoms with Crippen LogP contribution in [0.3, 0.4) is 0 Å². The minimum Gasteiger partial charge on any atom is -0.321 e. The second-order valence-electron chi connectivity index (χ2n) is 6.23. The molecule has 2 heterocycles. The van der Waals surface area contributed by atoms with E-state index >= 15 is 0 Å². The van der Waals surface area contributed by atoms with Gasteiger partial charge in [0, 0.05) is 33.9 Å². The van der Waals surface area contributed by atoms with Gasteiger partial charge >= 0.3 is 0 Å². The number of H-pyrrole nitrogens is 1. The van der Waals surface area contributed by atoms with Crippen LogP contribution >= 0.6 is 11.6 Å². The summed E-state index contributed by atoms with van der Waals surface area (Å²) in [5.74, 6) is -0.367. The van der Waals surface area contributed by atoms with Crippen LogP contribution in [0, 0.1) is 0 Å². The smallest absolute Gasteiger partial charge is 0.260 e. The van der Waals surface area contributed by atoms with Crippen molar-refractivity contribution < 1.29 is 4.79 Å². The van der Waals surface area contributed by atoms with Crippen LogP contribution in [0.15, 0.2) is 83.9 Å². The largest absolute Gasteiger partial charge is 0.321 e. The van der Waals surface area contributed by atoms with E-state index in [1.54, 1.807) is 54.9 Å². The average molecular weight is 387 g/mol. The highest BCUT2D eigenvalue weighted by atomic mass is 35.5. The molecular formula is C23H15ClN2O2. The second-order valence-corrected chi connectivity index (χ2v) is 6.67. The molecule has 0 radical (unpaired) electrons. The van der Waals surface area contributed by atoms with E-state index in [1.807, 2.05) is 24.3 Å². The van der Waals surface area contributed by atoms with Crippen LogP contribution < -0.4 is 5.56 Å². The SMILES string of the molecule is O=C(/C=C/c1ccc(Cl)cc1)c1c(-c2ccncc2)c2ccccc2[nH]c1=O. The number of pyridine rings is 2. The van der Waals surface area contributed by atoms with Crippen molar-refractivity contribution in [1.82, 2.24) is 9.97 Å². The molecule has 0 fully saturated rings. The highest BCUT2D eigenvalue weighted by Gasteiger charge is 2.18. The molecule has 5 heteroatoms. The molecule has 1 N–H and O–H groups in total. The monoisotopic (exact) mass is 386 g/mol. The zero-order chi connectivity index (χ0) is 19.5. The van der Waals surface area contributed by atoms with Gasteiger partial charge in [-0.1, -0.05) is 48.0 Å². The molecule has 0 spiro atoms. The maximum absolute atomic E-state index is 13.0. The molecule has 2 aromatic carbocycles. The molecule has 0 aliphatic heterocycles. The van der Waals surface area contributed by atoms with Crippen molar-refractivity contribution in [3.8, 4) is 11.1 Å². The van der Waals surface area contributed by atoms with Crippen molar-refractivity contribution in [3.05, 3.63) is 106 Å². The first-order valence-corrected chi connectivity index (χ1v) is 9.05. The number of halogens is 1. The van der Waals surface area contributed by atoms with Crippen molar-refractivity contribution in [2.45, 2.75) is 0 Å². The van der Waals surface area contributed by atoms with Crippen LogP contribution in [0.25, 0.3) is 28.1 Å². The maximum Gasteiger partial charge on any atom is 0.260 e. The first-order chi connectivity index (χ1) is 13.6. The summed E-state index contributed by atoms with van der Waals surface area (Å²) in [5.41, 5.74) is 2.55. The Balaban J connectivity index is 1.88. The first-order valence-electron chi connectivity index (χ1n) is 8.67. The lowest BCUT2D eigenvalue weighted by Crippen LogP contribution is -2.18. The average Bonchev–Trinajstić information content (AvgIpc) is 2.72. The Kier molecular flexibility index (Phi) is 4.87. The number of aromatic amines is 1. The summed E-state index contributed by atoms with van der Waals surface area (Å²) in [7, 11) is 0. The van der Waals surface area contributed by atoms with Crippen LogP contribution in [0.2, 0.25) is 5.02 Å². The summed E-state index contributed by atoms with van der Waals surface area (Å²) in [6.07, 6.45) is 6.36. The van der Waals surface area contributed by atoms with Gasteiger partial charge in [-0.2, -0.15) is 0 Å². The Morgan fingerprint density at radius 2 is 1.68 bits per heavy atom. The molecule has 4 aromatic rings. The molecule has 4 nitrogen and oxygen atoms in total. The van der Waals surface area contributed by atoms with Crippen LogP contribution in [-0.4, -0.2) is 15.8 Å². The standard InChI is InChI=1S/C23H15ClN2O2/c24-17-8-5-15(6-9-17)7-10-20(27)22-21(16-11-13-25-14-12-16)18-3-1-2-4-19(18)26-23(22)28/h1-14H,(H,26,28)/b10-7+. The Bertz CT molecular complexity index is 1240. The van der Waals surface area contributed by atoms with Crippen molar-refractivity contribution in [2.24, 2.45) is 0 Å². The van der Waals surface area contributed by atoms with Gasteiger partial charge in [0.15, 0.2) is 5.78 Å². The zero-order valence-corrected chi connectivity index (χ0v) is 15.5. The third kappa shape index (κ3) is 3.50. The number of ketones is 1. The third-order valence-electron chi connectivity index (χ3n) is 4.43. The van der Waals surface area contributed by atoms with Crippen LogP contribution in [-0.2, 0) is 0 Å². The molecule has 2 aromatic heterocycles. The molecule has 0 saturated heterocycles. The highest BCUT2D eigenvalue weighted by Crippen LogP contribution is 2.29. The predicted octanol–water partition coefficient (Wildman–Crippen LogP) is 5.14. The summed E-state index contributed by atoms with van der Waals surface area (Å²) in [6, 6.07) is 18.1. The molecule has 0 saturated carbocycles. The van der Waals surface area contributed by atoms with E-state index in [1.165, 1.54) is 6.08 Å². The Morgan fingerprint density at radius 3 is 2.43 bits per heavy atom. The van der Waals surface area contributed by atoms with Gasteiger partial charge in [-0.3, -0.25) is 14.6 Å². The van der Waals surface area contributed by atoms with E-state index in [2.05, 4.69) is 9.97 Å². The Morgan fingerprint density at radius 1 is 0.964 bits per heavy atom. The Labute approximate surface area is 166 Å². The first kappa shape index (κ1) is 17.9. The van der Waals surface area contributed by atoms with Gasteiger partial charge < -0.3 is 4.98 Å². The van der Waals surface area contributed by atoms with E-state index in [-0.39, 0.29) is 11.3 Å². The van der Waals surface area contributed by atoms with Gasteiger partial charge in [0.1, 0.15) is 0 Å². The number of fused-ring (bicyclic) bond motifs is 1. The van der Waals surface area contributed by atoms with Gasteiger partial charge in [0.2, 0.25) is 0 Å². The van der Waals surface area contributed by atoms with Crippen molar-refractivity contribution >= 4 is 34.4 Å². The van der Waals surface area contributed by atoms with Crippen LogP contribution in [0.5, 0.6) is 0 Å². The van der Waals surface area contributed by atoms with Gasteiger partial charge in [-0.25, -0.2) is 0 Å². The predicted molar refractivity (Wildman–Crippen MR) is 113 cm³/mol. The number of carbonyl (C=O) groups excluding carboxylic acids is 1. The number of hydrogen-bond acceptors (Lipinski definition) is 3. The summed E-state index contributed by atoms with van der Waals surface area (Å²) < 4.78 is 0. The topological polar surface area (TPSA) is 62.8 Å². The van der Waals surface area contributed by atoms with Gasteiger partial charge in [-0.05, 0) is 47.5 Å². The minimum atomic E-state index is -0.420. The lowest BCUT2D eigenvalue weighted by molar-refractivity contribution is 0.104. The van der Waals surface area contributed by atoms with Crippen molar-refractivity contribution in [3.63, 3.8) is 0 Å².